The number of fused-ring (bicyclic) bond motifs is 1. The quantitative estimate of drug-likeness (QED) is 0.280. The van der Waals surface area contributed by atoms with Crippen molar-refractivity contribution in [1.29, 1.82) is 0 Å². The zero-order valence-corrected chi connectivity index (χ0v) is 23.8. The van der Waals surface area contributed by atoms with Crippen molar-refractivity contribution in [2.24, 2.45) is 17.8 Å². The third-order valence-corrected chi connectivity index (χ3v) is 8.92. The lowest BCUT2D eigenvalue weighted by Gasteiger charge is -2.36. The van der Waals surface area contributed by atoms with Gasteiger partial charge in [0.2, 0.25) is 5.91 Å². The molecule has 38 heavy (non-hydrogen) atoms. The van der Waals surface area contributed by atoms with Gasteiger partial charge in [0.25, 0.3) is 0 Å². The molecule has 2 unspecified atom stereocenters. The molecule has 1 aliphatic heterocycles. The highest BCUT2D eigenvalue weighted by molar-refractivity contribution is 6.30. The number of aryl methyl sites for hydroxylation is 2. The fourth-order valence-electron chi connectivity index (χ4n) is 6.48. The summed E-state index contributed by atoms with van der Waals surface area (Å²) < 4.78 is 8.30. The van der Waals surface area contributed by atoms with Gasteiger partial charge in [-0.05, 0) is 80.3 Å². The van der Waals surface area contributed by atoms with E-state index in [9.17, 15) is 4.79 Å². The lowest BCUT2D eigenvalue weighted by atomic mass is 9.80. The molecule has 1 aromatic heterocycles. The highest BCUT2D eigenvalue weighted by atomic mass is 35.5. The summed E-state index contributed by atoms with van der Waals surface area (Å²) in [5.74, 6) is 3.51. The molecule has 1 aliphatic carbocycles. The van der Waals surface area contributed by atoms with E-state index in [4.69, 9.17) is 21.3 Å². The Morgan fingerprint density at radius 3 is 2.61 bits per heavy atom. The Morgan fingerprint density at radius 1 is 1.05 bits per heavy atom. The molecular weight excluding hydrogens is 494 g/mol. The number of carbonyl (C=O) groups is 1. The molecule has 3 aromatic rings. The standard InChI is InChI=1S/C32H42ClN3O2/c1-23-8-6-12-29-31(23)34-30(22-38-28-15-13-27(33)14-16-28)36(29)19-17-24(2)32(37)35-18-7-11-26(21-35)20-25-9-4-3-5-10-25/h6,8,12-16,24-26H,3-5,7,9-11,17-22H2,1-2H3. The van der Waals surface area contributed by atoms with Gasteiger partial charge in [0, 0.05) is 30.6 Å². The summed E-state index contributed by atoms with van der Waals surface area (Å²) in [7, 11) is 0. The summed E-state index contributed by atoms with van der Waals surface area (Å²) in [6.07, 6.45) is 11.5. The highest BCUT2D eigenvalue weighted by Crippen LogP contribution is 2.33. The van der Waals surface area contributed by atoms with Gasteiger partial charge in [-0.1, -0.05) is 62.8 Å². The van der Waals surface area contributed by atoms with Crippen LogP contribution in [0.25, 0.3) is 11.0 Å². The molecule has 1 saturated carbocycles. The first-order valence-electron chi connectivity index (χ1n) is 14.6. The lowest BCUT2D eigenvalue weighted by molar-refractivity contribution is -0.137. The van der Waals surface area contributed by atoms with Gasteiger partial charge in [-0.25, -0.2) is 4.98 Å². The first-order chi connectivity index (χ1) is 18.5. The molecule has 2 aliphatic rings. The summed E-state index contributed by atoms with van der Waals surface area (Å²) in [6, 6.07) is 13.7. The van der Waals surface area contributed by atoms with E-state index in [0.717, 1.165) is 66.6 Å². The number of hydrogen-bond acceptors (Lipinski definition) is 3. The van der Waals surface area contributed by atoms with Gasteiger partial charge in [0.15, 0.2) is 0 Å². The van der Waals surface area contributed by atoms with E-state index in [1.165, 1.54) is 44.9 Å². The average Bonchev–Trinajstić information content (AvgIpc) is 3.30. The fourth-order valence-corrected chi connectivity index (χ4v) is 6.61. The van der Waals surface area contributed by atoms with E-state index < -0.39 is 0 Å². The molecule has 2 fully saturated rings. The van der Waals surface area contributed by atoms with Crippen LogP contribution in [-0.2, 0) is 17.9 Å². The second kappa shape index (κ2) is 12.5. The predicted molar refractivity (Wildman–Crippen MR) is 155 cm³/mol. The summed E-state index contributed by atoms with van der Waals surface area (Å²) in [4.78, 5) is 20.6. The molecule has 2 heterocycles. The molecule has 0 spiro atoms. The molecule has 5 rings (SSSR count). The Hall–Kier alpha value is -2.53. The number of amides is 1. The van der Waals surface area contributed by atoms with Gasteiger partial charge < -0.3 is 14.2 Å². The fraction of sp³-hybridized carbons (Fsp3) is 0.562. The topological polar surface area (TPSA) is 47.4 Å². The minimum atomic E-state index is -0.0178. The number of aromatic nitrogens is 2. The lowest BCUT2D eigenvalue weighted by Crippen LogP contribution is -2.43. The van der Waals surface area contributed by atoms with Crippen LogP contribution in [0.15, 0.2) is 42.5 Å². The highest BCUT2D eigenvalue weighted by Gasteiger charge is 2.29. The minimum Gasteiger partial charge on any atom is -0.486 e. The number of halogens is 1. The van der Waals surface area contributed by atoms with Crippen LogP contribution in [0.3, 0.4) is 0 Å². The maximum atomic E-state index is 13.5. The van der Waals surface area contributed by atoms with E-state index in [1.807, 2.05) is 24.3 Å². The Kier molecular flexibility index (Phi) is 8.93. The predicted octanol–water partition coefficient (Wildman–Crippen LogP) is 7.81. The largest absolute Gasteiger partial charge is 0.486 e. The van der Waals surface area contributed by atoms with Gasteiger partial charge in [0.05, 0.1) is 11.0 Å². The van der Waals surface area contributed by atoms with Crippen molar-refractivity contribution in [3.05, 3.63) is 58.9 Å². The Bertz CT molecular complexity index is 1220. The summed E-state index contributed by atoms with van der Waals surface area (Å²) >= 11 is 6.03. The van der Waals surface area contributed by atoms with Gasteiger partial charge >= 0.3 is 0 Å². The zero-order chi connectivity index (χ0) is 26.5. The van der Waals surface area contributed by atoms with Crippen molar-refractivity contribution in [3.8, 4) is 5.75 Å². The normalized spacial score (nSPS) is 19.6. The second-order valence-corrected chi connectivity index (χ2v) is 12.0. The van der Waals surface area contributed by atoms with Crippen molar-refractivity contribution in [2.75, 3.05) is 13.1 Å². The number of benzene rings is 2. The van der Waals surface area contributed by atoms with Gasteiger partial charge in [0.1, 0.15) is 18.2 Å². The third kappa shape index (κ3) is 6.54. The number of hydrogen-bond donors (Lipinski definition) is 0. The van der Waals surface area contributed by atoms with Crippen LogP contribution < -0.4 is 4.74 Å². The molecule has 0 N–H and O–H groups in total. The molecule has 2 aromatic carbocycles. The van der Waals surface area contributed by atoms with Crippen LogP contribution in [0.1, 0.15) is 76.1 Å². The molecular formula is C32H42ClN3O2. The van der Waals surface area contributed by atoms with Crippen molar-refractivity contribution in [2.45, 2.75) is 84.8 Å². The molecule has 0 bridgehead atoms. The summed E-state index contributed by atoms with van der Waals surface area (Å²) in [6.45, 7) is 7.17. The molecule has 5 nitrogen and oxygen atoms in total. The van der Waals surface area contributed by atoms with Crippen molar-refractivity contribution in [3.63, 3.8) is 0 Å². The van der Waals surface area contributed by atoms with E-state index in [-0.39, 0.29) is 5.92 Å². The van der Waals surface area contributed by atoms with Crippen molar-refractivity contribution >= 4 is 28.5 Å². The Morgan fingerprint density at radius 2 is 1.82 bits per heavy atom. The second-order valence-electron chi connectivity index (χ2n) is 11.6. The summed E-state index contributed by atoms with van der Waals surface area (Å²) in [5, 5.41) is 0.688. The van der Waals surface area contributed by atoms with Gasteiger partial charge in [-0.2, -0.15) is 0 Å². The van der Waals surface area contributed by atoms with Crippen LogP contribution in [0.4, 0.5) is 0 Å². The number of ether oxygens (including phenoxy) is 1. The maximum Gasteiger partial charge on any atom is 0.225 e. The SMILES string of the molecule is Cc1cccc2c1nc(COc1ccc(Cl)cc1)n2CCC(C)C(=O)N1CCCC(CC2CCCCC2)C1. The van der Waals surface area contributed by atoms with E-state index in [1.54, 1.807) is 0 Å². The number of imidazole rings is 1. The third-order valence-electron chi connectivity index (χ3n) is 8.67. The molecule has 1 amide bonds. The van der Waals surface area contributed by atoms with Gasteiger partial charge in [-0.3, -0.25) is 4.79 Å². The molecule has 1 saturated heterocycles. The average molecular weight is 536 g/mol. The summed E-state index contributed by atoms with van der Waals surface area (Å²) in [5.41, 5.74) is 3.25. The van der Waals surface area contributed by atoms with E-state index in [2.05, 4.69) is 41.5 Å². The van der Waals surface area contributed by atoms with Crippen molar-refractivity contribution < 1.29 is 9.53 Å². The molecule has 2 atom stereocenters. The van der Waals surface area contributed by atoms with E-state index >= 15 is 0 Å². The van der Waals surface area contributed by atoms with Crippen LogP contribution in [0.5, 0.6) is 5.75 Å². The Balaban J connectivity index is 1.23. The number of rotatable bonds is 9. The van der Waals surface area contributed by atoms with Crippen LogP contribution in [0.2, 0.25) is 5.02 Å². The van der Waals surface area contributed by atoms with Crippen LogP contribution >= 0.6 is 11.6 Å². The number of likely N-dealkylation sites (tertiary alicyclic amines) is 1. The van der Waals surface area contributed by atoms with Crippen molar-refractivity contribution in [1.82, 2.24) is 14.5 Å². The number of para-hydroxylation sites is 1. The van der Waals surface area contributed by atoms with Crippen LogP contribution in [0, 0.1) is 24.7 Å². The number of nitrogens with zero attached hydrogens (tertiary/aromatic N) is 3. The minimum absolute atomic E-state index is 0.0178. The monoisotopic (exact) mass is 535 g/mol. The first-order valence-corrected chi connectivity index (χ1v) is 15.0. The van der Waals surface area contributed by atoms with Crippen LogP contribution in [-0.4, -0.2) is 33.4 Å². The molecule has 204 valence electrons. The zero-order valence-electron chi connectivity index (χ0n) is 23.0. The van der Waals surface area contributed by atoms with Gasteiger partial charge in [-0.15, -0.1) is 0 Å². The number of piperidine rings is 1. The maximum absolute atomic E-state index is 13.5. The Labute approximate surface area is 232 Å². The molecule has 6 heteroatoms. The molecule has 0 radical (unpaired) electrons. The first kappa shape index (κ1) is 27.1. The van der Waals surface area contributed by atoms with E-state index in [0.29, 0.717) is 23.5 Å². The number of carbonyl (C=O) groups excluding carboxylic acids is 1. The smallest absolute Gasteiger partial charge is 0.225 e.